The van der Waals surface area contributed by atoms with Gasteiger partial charge in [0.1, 0.15) is 6.04 Å². The molecule has 2 bridgehead atoms. The summed E-state index contributed by atoms with van der Waals surface area (Å²) in [5.41, 5.74) is 1.03. The van der Waals surface area contributed by atoms with Gasteiger partial charge in [-0.3, -0.25) is 14.4 Å². The molecule has 0 radical (unpaired) electrons. The van der Waals surface area contributed by atoms with Gasteiger partial charge in [-0.25, -0.2) is 0 Å². The van der Waals surface area contributed by atoms with Gasteiger partial charge in [0.15, 0.2) is 0 Å². The summed E-state index contributed by atoms with van der Waals surface area (Å²) < 4.78 is -0.591. The van der Waals surface area contributed by atoms with Crippen LogP contribution in [-0.4, -0.2) is 86.4 Å². The van der Waals surface area contributed by atoms with Crippen LogP contribution in [0.4, 0.5) is 0 Å². The molecule has 3 aliphatic heterocycles. The van der Waals surface area contributed by atoms with Gasteiger partial charge in [-0.15, -0.1) is 24.9 Å². The van der Waals surface area contributed by atoms with Crippen LogP contribution in [0.1, 0.15) is 57.4 Å². The highest BCUT2D eigenvalue weighted by Crippen LogP contribution is 2.66. The van der Waals surface area contributed by atoms with Gasteiger partial charge in [0.05, 0.1) is 16.6 Å². The van der Waals surface area contributed by atoms with Crippen molar-refractivity contribution in [2.24, 2.45) is 11.8 Å². The molecule has 4 rings (SSSR count). The number of hydrogen-bond acceptors (Lipinski definition) is 5. The zero-order chi connectivity index (χ0) is 28.7. The van der Waals surface area contributed by atoms with Crippen LogP contribution in [-0.2, 0) is 20.9 Å². The van der Waals surface area contributed by atoms with E-state index in [1.165, 1.54) is 0 Å². The number of amides is 3. The third kappa shape index (κ3) is 5.89. The number of rotatable bonds is 16. The first kappa shape index (κ1) is 30.4. The normalized spacial score (nSPS) is 26.6. The van der Waals surface area contributed by atoms with Crippen molar-refractivity contribution in [2.45, 2.75) is 74.5 Å². The highest BCUT2D eigenvalue weighted by atomic mass is 32.2. The Morgan fingerprint density at radius 3 is 2.45 bits per heavy atom. The second-order valence-corrected chi connectivity index (χ2v) is 12.9. The highest BCUT2D eigenvalue weighted by Gasteiger charge is 2.73. The minimum absolute atomic E-state index is 0.0300. The van der Waals surface area contributed by atoms with E-state index in [1.54, 1.807) is 23.9 Å². The molecule has 3 fully saturated rings. The summed E-state index contributed by atoms with van der Waals surface area (Å²) in [4.78, 5) is 48.2. The van der Waals surface area contributed by atoms with Crippen molar-refractivity contribution in [1.82, 2.24) is 14.7 Å². The fraction of sp³-hybridized carbons (Fsp3) is 0.594. The van der Waals surface area contributed by atoms with E-state index in [0.717, 1.165) is 50.5 Å². The van der Waals surface area contributed by atoms with Crippen LogP contribution in [0.5, 0.6) is 0 Å². The maximum atomic E-state index is 14.5. The van der Waals surface area contributed by atoms with Crippen molar-refractivity contribution in [3.05, 3.63) is 61.2 Å². The molecular formula is C32H45N3O4S. The van der Waals surface area contributed by atoms with E-state index in [4.69, 9.17) is 0 Å². The van der Waals surface area contributed by atoms with Crippen molar-refractivity contribution in [3.63, 3.8) is 0 Å². The van der Waals surface area contributed by atoms with E-state index in [-0.39, 0.29) is 29.6 Å². The van der Waals surface area contributed by atoms with E-state index in [0.29, 0.717) is 32.7 Å². The minimum atomic E-state index is -0.599. The predicted octanol–water partition coefficient (Wildman–Crippen LogP) is 4.27. The zero-order valence-corrected chi connectivity index (χ0v) is 24.7. The molecule has 218 valence electrons. The van der Waals surface area contributed by atoms with Crippen LogP contribution < -0.4 is 0 Å². The predicted molar refractivity (Wildman–Crippen MR) is 161 cm³/mol. The summed E-state index contributed by atoms with van der Waals surface area (Å²) in [6, 6.07) is 9.31. The fourth-order valence-corrected chi connectivity index (χ4v) is 9.20. The summed E-state index contributed by atoms with van der Waals surface area (Å²) in [5.74, 6) is -0.951. The Kier molecular flexibility index (Phi) is 10.5. The Morgan fingerprint density at radius 2 is 1.77 bits per heavy atom. The quantitative estimate of drug-likeness (QED) is 0.238. The number of thioether (sulfide) groups is 1. The topological polar surface area (TPSA) is 81.2 Å². The van der Waals surface area contributed by atoms with Crippen molar-refractivity contribution in [1.29, 1.82) is 0 Å². The van der Waals surface area contributed by atoms with Crippen molar-refractivity contribution in [3.8, 4) is 0 Å². The number of unbranched alkanes of at least 4 members (excludes halogenated alkanes) is 3. The first-order valence-electron chi connectivity index (χ1n) is 14.9. The Hall–Kier alpha value is -2.58. The van der Waals surface area contributed by atoms with Crippen LogP contribution in [0, 0.1) is 11.8 Å². The van der Waals surface area contributed by atoms with Crippen LogP contribution in [0.15, 0.2) is 55.6 Å². The monoisotopic (exact) mass is 567 g/mol. The Morgan fingerprint density at radius 1 is 1.07 bits per heavy atom. The summed E-state index contributed by atoms with van der Waals surface area (Å²) in [5, 5.41) is 9.23. The molecule has 0 aromatic heterocycles. The highest BCUT2D eigenvalue weighted by molar-refractivity contribution is 8.02. The molecular weight excluding hydrogens is 522 g/mol. The number of likely N-dealkylation sites (tertiary alicyclic amines) is 1. The van der Waals surface area contributed by atoms with E-state index < -0.39 is 22.6 Å². The van der Waals surface area contributed by atoms with Gasteiger partial charge in [0.25, 0.3) is 0 Å². The SMILES string of the molecule is C=CCN(Cc1ccccc1)C(=O)C1N(CCCCCCO)C(=O)[C@@H]2[C@H](C(=O)N(CC=C)CCC)[C@@H]3CCC12S3. The number of aliphatic hydroxyl groups excluding tert-OH is 1. The molecule has 40 heavy (non-hydrogen) atoms. The molecule has 3 amide bonds. The molecule has 7 nitrogen and oxygen atoms in total. The molecule has 5 atom stereocenters. The number of nitrogens with zero attached hydrogens (tertiary/aromatic N) is 3. The van der Waals surface area contributed by atoms with Crippen LogP contribution in [0.25, 0.3) is 0 Å². The largest absolute Gasteiger partial charge is 0.396 e. The smallest absolute Gasteiger partial charge is 0.247 e. The van der Waals surface area contributed by atoms with Crippen LogP contribution in [0.3, 0.4) is 0 Å². The summed E-state index contributed by atoms with van der Waals surface area (Å²) in [6.45, 7) is 12.4. The first-order chi connectivity index (χ1) is 19.4. The lowest BCUT2D eigenvalue weighted by Crippen LogP contribution is -2.54. The van der Waals surface area contributed by atoms with E-state index in [1.807, 2.05) is 45.0 Å². The van der Waals surface area contributed by atoms with E-state index >= 15 is 0 Å². The minimum Gasteiger partial charge on any atom is -0.396 e. The number of aliphatic hydroxyl groups is 1. The molecule has 3 saturated heterocycles. The number of fused-ring (bicyclic) bond motifs is 1. The molecule has 3 aliphatic rings. The second kappa shape index (κ2) is 13.9. The standard InChI is InChI=1S/C32H45N3O4S/c1-4-18-33(19-5-2)29(37)26-25-16-17-32(40-25)27(26)30(38)35(21-12-7-8-13-22-36)28(32)31(39)34(20-6-3)23-24-14-10-9-11-15-24/h4,6,9-11,14-15,25-28,36H,1,3,5,7-8,12-13,16-23H2,2H3/t25-,26+,27-,28?,32?/m0/s1. The van der Waals surface area contributed by atoms with E-state index in [2.05, 4.69) is 20.1 Å². The van der Waals surface area contributed by atoms with Gasteiger partial charge in [0.2, 0.25) is 17.7 Å². The third-order valence-electron chi connectivity index (χ3n) is 8.66. The van der Waals surface area contributed by atoms with Gasteiger partial charge >= 0.3 is 0 Å². The fourth-order valence-electron chi connectivity index (χ4n) is 7.00. The number of hydrogen-bond donors (Lipinski definition) is 1. The Labute approximate surface area is 243 Å². The van der Waals surface area contributed by atoms with Crippen molar-refractivity contribution < 1.29 is 19.5 Å². The van der Waals surface area contributed by atoms with Crippen LogP contribution in [0.2, 0.25) is 0 Å². The number of carbonyl (C=O) groups excluding carboxylic acids is 3. The van der Waals surface area contributed by atoms with Gasteiger partial charge in [-0.05, 0) is 37.7 Å². The molecule has 0 saturated carbocycles. The molecule has 1 spiro atoms. The maximum Gasteiger partial charge on any atom is 0.247 e. The Balaban J connectivity index is 1.67. The average Bonchev–Trinajstić information content (AvgIpc) is 3.60. The third-order valence-corrected chi connectivity index (χ3v) is 10.6. The lowest BCUT2D eigenvalue weighted by Gasteiger charge is -2.37. The molecule has 8 heteroatoms. The summed E-state index contributed by atoms with van der Waals surface area (Å²) >= 11 is 1.73. The number of benzene rings is 1. The van der Waals surface area contributed by atoms with Gasteiger partial charge in [-0.2, -0.15) is 0 Å². The molecule has 1 aromatic carbocycles. The molecule has 3 heterocycles. The van der Waals surface area contributed by atoms with Gasteiger partial charge in [0, 0.05) is 44.6 Å². The molecule has 1 N–H and O–H groups in total. The van der Waals surface area contributed by atoms with Gasteiger partial charge in [-0.1, -0.05) is 62.2 Å². The van der Waals surface area contributed by atoms with Crippen LogP contribution >= 0.6 is 11.8 Å². The van der Waals surface area contributed by atoms with Crippen molar-refractivity contribution in [2.75, 3.05) is 32.8 Å². The van der Waals surface area contributed by atoms with E-state index in [9.17, 15) is 19.5 Å². The first-order valence-corrected chi connectivity index (χ1v) is 15.7. The second-order valence-electron chi connectivity index (χ2n) is 11.3. The maximum absolute atomic E-state index is 14.5. The molecule has 2 unspecified atom stereocenters. The summed E-state index contributed by atoms with van der Waals surface area (Å²) in [7, 11) is 0. The van der Waals surface area contributed by atoms with Crippen molar-refractivity contribution >= 4 is 29.5 Å². The average molecular weight is 568 g/mol. The van der Waals surface area contributed by atoms with Gasteiger partial charge < -0.3 is 19.8 Å². The lowest BCUT2D eigenvalue weighted by molar-refractivity contribution is -0.144. The number of carbonyl (C=O) groups is 3. The molecule has 1 aromatic rings. The zero-order valence-electron chi connectivity index (χ0n) is 23.9. The Bertz CT molecular complexity index is 1070. The summed E-state index contributed by atoms with van der Waals surface area (Å²) in [6.07, 6.45) is 9.21. The lowest BCUT2D eigenvalue weighted by atomic mass is 9.70. The molecule has 0 aliphatic carbocycles.